The summed E-state index contributed by atoms with van der Waals surface area (Å²) < 4.78 is 40.0. The van der Waals surface area contributed by atoms with Crippen molar-refractivity contribution in [1.82, 2.24) is 24.4 Å². The van der Waals surface area contributed by atoms with Gasteiger partial charge in [0.1, 0.15) is 11.4 Å². The van der Waals surface area contributed by atoms with Crippen molar-refractivity contribution in [2.45, 2.75) is 20.3 Å². The average Bonchev–Trinajstić information content (AvgIpc) is 3.49. The predicted molar refractivity (Wildman–Crippen MR) is 110 cm³/mol. The lowest BCUT2D eigenvalue weighted by Gasteiger charge is -2.11. The standard InChI is InChI=1S/C20H17F2N5O4S/c1-4-31-20(29)15-16(17(21)22)27(25-24-15)12-7-11(19(28)30-3)9-26-13(8-23-18(12)26)14-6-5-10(2)32-14/h5-9,17H,4H2,1-3H3. The van der Waals surface area contributed by atoms with Crippen LogP contribution in [-0.2, 0) is 9.47 Å². The number of aromatic nitrogens is 5. The number of pyridine rings is 1. The second-order valence-corrected chi connectivity index (χ2v) is 7.90. The number of alkyl halides is 2. The van der Waals surface area contributed by atoms with E-state index in [2.05, 4.69) is 15.3 Å². The summed E-state index contributed by atoms with van der Waals surface area (Å²) in [6.07, 6.45) is -0.0235. The molecule has 0 aliphatic carbocycles. The molecule has 0 aliphatic heterocycles. The summed E-state index contributed by atoms with van der Waals surface area (Å²) in [7, 11) is 1.21. The molecule has 0 N–H and O–H groups in total. The van der Waals surface area contributed by atoms with E-state index in [1.807, 2.05) is 19.1 Å². The molecule has 0 atom stereocenters. The van der Waals surface area contributed by atoms with Crippen molar-refractivity contribution in [2.75, 3.05) is 13.7 Å². The van der Waals surface area contributed by atoms with Gasteiger partial charge in [0, 0.05) is 11.1 Å². The second kappa shape index (κ2) is 8.46. The van der Waals surface area contributed by atoms with Crippen LogP contribution in [0.1, 0.15) is 44.8 Å². The molecule has 0 amide bonds. The molecule has 12 heteroatoms. The Hall–Kier alpha value is -3.67. The van der Waals surface area contributed by atoms with Crippen molar-refractivity contribution in [2.24, 2.45) is 0 Å². The lowest BCUT2D eigenvalue weighted by molar-refractivity contribution is 0.0506. The van der Waals surface area contributed by atoms with E-state index in [0.717, 1.165) is 14.4 Å². The van der Waals surface area contributed by atoms with Gasteiger partial charge in [0.25, 0.3) is 6.43 Å². The zero-order chi connectivity index (χ0) is 23.0. The maximum absolute atomic E-state index is 14.0. The van der Waals surface area contributed by atoms with E-state index in [1.54, 1.807) is 17.5 Å². The highest BCUT2D eigenvalue weighted by Gasteiger charge is 2.30. The topological polar surface area (TPSA) is 101 Å². The van der Waals surface area contributed by atoms with Crippen LogP contribution < -0.4 is 0 Å². The third-order valence-corrected chi connectivity index (χ3v) is 5.63. The fourth-order valence-corrected chi connectivity index (χ4v) is 4.09. The lowest BCUT2D eigenvalue weighted by atomic mass is 10.2. The first-order valence-corrected chi connectivity index (χ1v) is 10.2. The Morgan fingerprint density at radius 2 is 2.03 bits per heavy atom. The van der Waals surface area contributed by atoms with Gasteiger partial charge in [-0.1, -0.05) is 5.21 Å². The maximum atomic E-state index is 14.0. The molecule has 0 saturated heterocycles. The Morgan fingerprint density at radius 3 is 2.66 bits per heavy atom. The highest BCUT2D eigenvalue weighted by atomic mass is 32.1. The summed E-state index contributed by atoms with van der Waals surface area (Å²) in [4.78, 5) is 30.7. The van der Waals surface area contributed by atoms with E-state index in [0.29, 0.717) is 5.69 Å². The highest BCUT2D eigenvalue weighted by Crippen LogP contribution is 2.32. The number of ether oxygens (including phenoxy) is 2. The molecule has 0 bridgehead atoms. The number of hydrogen-bond acceptors (Lipinski definition) is 8. The summed E-state index contributed by atoms with van der Waals surface area (Å²) in [5.41, 5.74) is -0.370. The molecule has 4 aromatic heterocycles. The van der Waals surface area contributed by atoms with E-state index in [9.17, 15) is 18.4 Å². The van der Waals surface area contributed by atoms with Crippen LogP contribution in [0.5, 0.6) is 0 Å². The smallest absolute Gasteiger partial charge is 0.361 e. The number of imidazole rings is 1. The first-order chi connectivity index (χ1) is 15.3. The van der Waals surface area contributed by atoms with E-state index < -0.39 is 29.8 Å². The summed E-state index contributed by atoms with van der Waals surface area (Å²) in [6.45, 7) is 3.48. The van der Waals surface area contributed by atoms with E-state index >= 15 is 0 Å². The maximum Gasteiger partial charge on any atom is 0.361 e. The molecule has 4 heterocycles. The van der Waals surface area contributed by atoms with Crippen molar-refractivity contribution in [3.05, 3.63) is 52.4 Å². The van der Waals surface area contributed by atoms with Gasteiger partial charge in [0.2, 0.25) is 0 Å². The number of hydrogen-bond donors (Lipinski definition) is 0. The molecular weight excluding hydrogens is 444 g/mol. The Bertz CT molecular complexity index is 1330. The molecule has 0 aliphatic rings. The quantitative estimate of drug-likeness (QED) is 0.402. The van der Waals surface area contributed by atoms with Gasteiger partial charge in [-0.15, -0.1) is 16.4 Å². The number of halogens is 2. The largest absolute Gasteiger partial charge is 0.465 e. The number of nitrogens with zero attached hydrogens (tertiary/aromatic N) is 5. The van der Waals surface area contributed by atoms with Gasteiger partial charge in [-0.25, -0.2) is 28.0 Å². The van der Waals surface area contributed by atoms with Crippen LogP contribution in [0.15, 0.2) is 30.6 Å². The van der Waals surface area contributed by atoms with Crippen LogP contribution in [-0.4, -0.2) is 50.0 Å². The van der Waals surface area contributed by atoms with Crippen molar-refractivity contribution < 1.29 is 27.8 Å². The Balaban J connectivity index is 2.00. The third-order valence-electron chi connectivity index (χ3n) is 4.61. The summed E-state index contributed by atoms with van der Waals surface area (Å²) in [5, 5.41) is 7.37. The van der Waals surface area contributed by atoms with E-state index in [1.165, 1.54) is 30.7 Å². The second-order valence-electron chi connectivity index (χ2n) is 6.61. The number of carbonyl (C=O) groups is 2. The predicted octanol–water partition coefficient (Wildman–Crippen LogP) is 3.85. The van der Waals surface area contributed by atoms with Gasteiger partial charge in [-0.3, -0.25) is 4.40 Å². The monoisotopic (exact) mass is 461 g/mol. The van der Waals surface area contributed by atoms with Gasteiger partial charge in [-0.2, -0.15) is 0 Å². The van der Waals surface area contributed by atoms with E-state index in [4.69, 9.17) is 9.47 Å². The lowest BCUT2D eigenvalue weighted by Crippen LogP contribution is -2.12. The molecule has 166 valence electrons. The summed E-state index contributed by atoms with van der Waals surface area (Å²) in [6, 6.07) is 5.14. The zero-order valence-corrected chi connectivity index (χ0v) is 18.0. The number of fused-ring (bicyclic) bond motifs is 1. The van der Waals surface area contributed by atoms with Crippen molar-refractivity contribution in [1.29, 1.82) is 0 Å². The van der Waals surface area contributed by atoms with E-state index in [-0.39, 0.29) is 23.5 Å². The number of carbonyl (C=O) groups excluding carboxylic acids is 2. The minimum absolute atomic E-state index is 0.0136. The highest BCUT2D eigenvalue weighted by molar-refractivity contribution is 7.15. The van der Waals surface area contributed by atoms with Gasteiger partial charge < -0.3 is 9.47 Å². The van der Waals surface area contributed by atoms with Gasteiger partial charge >= 0.3 is 11.9 Å². The van der Waals surface area contributed by atoms with Crippen LogP contribution in [0.25, 0.3) is 21.9 Å². The normalized spacial score (nSPS) is 11.3. The minimum atomic E-state index is -3.10. The number of methoxy groups -OCH3 is 1. The SMILES string of the molecule is CCOC(=O)c1nnn(-c2cc(C(=O)OC)cn3c(-c4ccc(C)s4)cnc23)c1C(F)F. The molecule has 4 aromatic rings. The molecule has 0 aromatic carbocycles. The first-order valence-electron chi connectivity index (χ1n) is 9.43. The minimum Gasteiger partial charge on any atom is -0.465 e. The Morgan fingerprint density at radius 1 is 1.25 bits per heavy atom. The molecule has 0 saturated carbocycles. The molecular formula is C20H17F2N5O4S. The van der Waals surface area contributed by atoms with Crippen molar-refractivity contribution in [3.8, 4) is 16.3 Å². The van der Waals surface area contributed by atoms with Crippen molar-refractivity contribution >= 4 is 28.9 Å². The van der Waals surface area contributed by atoms with Crippen molar-refractivity contribution in [3.63, 3.8) is 0 Å². The molecule has 4 rings (SSSR count). The average molecular weight is 461 g/mol. The molecule has 0 unspecified atom stereocenters. The molecule has 0 radical (unpaired) electrons. The van der Waals surface area contributed by atoms with Crippen LogP contribution in [0.4, 0.5) is 8.78 Å². The van der Waals surface area contributed by atoms with Gasteiger partial charge in [-0.05, 0) is 32.0 Å². The molecule has 0 fully saturated rings. The zero-order valence-electron chi connectivity index (χ0n) is 17.2. The first kappa shape index (κ1) is 21.6. The Labute approximate surface area is 184 Å². The summed E-state index contributed by atoms with van der Waals surface area (Å²) >= 11 is 1.51. The van der Waals surface area contributed by atoms with Gasteiger partial charge in [0.15, 0.2) is 11.3 Å². The fourth-order valence-electron chi connectivity index (χ4n) is 3.22. The number of thiophene rings is 1. The number of aryl methyl sites for hydroxylation is 1. The van der Waals surface area contributed by atoms with Crippen LogP contribution in [0, 0.1) is 6.92 Å². The van der Waals surface area contributed by atoms with Crippen LogP contribution in [0.2, 0.25) is 0 Å². The third kappa shape index (κ3) is 3.62. The Kier molecular flexibility index (Phi) is 5.70. The molecule has 0 spiro atoms. The number of rotatable bonds is 6. The summed E-state index contributed by atoms with van der Waals surface area (Å²) in [5.74, 6) is -1.70. The fraction of sp³-hybridized carbons (Fsp3) is 0.250. The van der Waals surface area contributed by atoms with Gasteiger partial charge in [0.05, 0.1) is 36.0 Å². The van der Waals surface area contributed by atoms with Crippen LogP contribution in [0.3, 0.4) is 0 Å². The number of esters is 2. The molecule has 9 nitrogen and oxygen atoms in total. The molecule has 32 heavy (non-hydrogen) atoms. The van der Waals surface area contributed by atoms with Crippen LogP contribution >= 0.6 is 11.3 Å².